The van der Waals surface area contributed by atoms with Gasteiger partial charge in [-0.1, -0.05) is 0 Å². The molecule has 0 radical (unpaired) electrons. The molecule has 0 fully saturated rings. The Morgan fingerprint density at radius 3 is 1.71 bits per heavy atom. The van der Waals surface area contributed by atoms with Gasteiger partial charge >= 0.3 is 72.2 Å². The van der Waals surface area contributed by atoms with E-state index in [9.17, 15) is 13.2 Å². The van der Waals surface area contributed by atoms with Crippen LogP contribution in [0.5, 0.6) is 0 Å². The van der Waals surface area contributed by atoms with Gasteiger partial charge in [0.1, 0.15) is 0 Å². The van der Waals surface area contributed by atoms with Crippen LogP contribution in [-0.4, -0.2) is 6.18 Å². The van der Waals surface area contributed by atoms with Crippen LogP contribution in [0.3, 0.4) is 0 Å². The van der Waals surface area contributed by atoms with E-state index in [1.54, 1.807) is 0.388 Å². The summed E-state index contributed by atoms with van der Waals surface area (Å²) in [6, 6.07) is 0. The molecule has 0 heterocycles. The first-order valence-electron chi connectivity index (χ1n) is 1.26. The quantitative estimate of drug-likeness (QED) is 0.535. The molecule has 0 aromatic heterocycles. The van der Waals surface area contributed by atoms with E-state index in [-0.39, 0.29) is 0 Å². The summed E-state index contributed by atoms with van der Waals surface area (Å²) in [5, 5.41) is 0. The normalized spacial score (nSPS) is 9.86. The van der Waals surface area contributed by atoms with Crippen LogP contribution in [-0.2, 0) is 0 Å². The van der Waals surface area contributed by atoms with Crippen LogP contribution in [0.2, 0.25) is 0 Å². The summed E-state index contributed by atoms with van der Waals surface area (Å²) in [7, 11) is 0. The van der Waals surface area contributed by atoms with Crippen molar-refractivity contribution >= 4 is 0 Å². The molecule has 0 N–H and O–H groups in total. The molecule has 0 aliphatic heterocycles. The van der Waals surface area contributed by atoms with Crippen LogP contribution in [0.15, 0.2) is 0 Å². The van der Waals surface area contributed by atoms with Gasteiger partial charge in [0.2, 0.25) is 0 Å². The molecular formula is C3HF3Xe. The summed E-state index contributed by atoms with van der Waals surface area (Å²) in [5.74, 6) is 1.02. The maximum absolute atomic E-state index is 10.9. The molecule has 0 spiro atoms. The predicted octanol–water partition coefficient (Wildman–Crippen LogP) is 0.791. The van der Waals surface area contributed by atoms with E-state index in [0.29, 0.717) is 0 Å². The standard InChI is InChI=1S/C3HF3Xe/c4-3(5,6)1-2-7/h7H. The van der Waals surface area contributed by atoms with E-state index >= 15 is 0 Å². The van der Waals surface area contributed by atoms with Gasteiger partial charge in [-0.05, 0) is 0 Å². The Bertz CT molecular complexity index is 104. The second-order valence-corrected chi connectivity index (χ2v) is 1.26. The molecule has 0 aromatic rings. The molecule has 0 unspecified atom stereocenters. The van der Waals surface area contributed by atoms with Gasteiger partial charge in [-0.2, -0.15) is 0 Å². The number of hydrogen-bond donors (Lipinski definition) is 0. The zero-order chi connectivity index (χ0) is 5.91. The topological polar surface area (TPSA) is 0 Å². The third kappa shape index (κ3) is 6.92. The molecular weight excluding hydrogens is 224 g/mol. The number of hydrogen-bond acceptors (Lipinski definition) is 0. The van der Waals surface area contributed by atoms with Crippen molar-refractivity contribution in [2.24, 2.45) is 0 Å². The molecule has 0 atom stereocenters. The van der Waals surface area contributed by atoms with Crippen LogP contribution in [0.4, 0.5) is 13.2 Å². The summed E-state index contributed by atoms with van der Waals surface area (Å²) in [5.41, 5.74) is 0. The average Bonchev–Trinajstić information content (AvgIpc) is 1.30. The summed E-state index contributed by atoms with van der Waals surface area (Å²) >= 11 is 1.33. The molecule has 7 heavy (non-hydrogen) atoms. The van der Waals surface area contributed by atoms with Gasteiger partial charge in [-0.3, -0.25) is 0 Å². The third-order valence-electron chi connectivity index (χ3n) is 0.189. The van der Waals surface area contributed by atoms with Crippen LogP contribution < -0.4 is 0 Å². The first-order chi connectivity index (χ1) is 3.06. The van der Waals surface area contributed by atoms with Crippen molar-refractivity contribution in [3.63, 3.8) is 0 Å². The molecule has 0 aromatic carbocycles. The van der Waals surface area contributed by atoms with E-state index < -0.39 is 6.18 Å². The maximum atomic E-state index is 10.9. The van der Waals surface area contributed by atoms with E-state index in [2.05, 4.69) is 0 Å². The van der Waals surface area contributed by atoms with Crippen LogP contribution >= 0.6 is 0 Å². The van der Waals surface area contributed by atoms with Gasteiger partial charge in [0, 0.05) is 0 Å². The van der Waals surface area contributed by atoms with Crippen molar-refractivity contribution in [1.29, 1.82) is 0 Å². The Morgan fingerprint density at radius 2 is 1.71 bits per heavy atom. The van der Waals surface area contributed by atoms with E-state index in [1.165, 1.54) is 46.5 Å². The molecule has 0 aliphatic rings. The van der Waals surface area contributed by atoms with Gasteiger partial charge in [0.15, 0.2) is 0 Å². The fourth-order valence-electron chi connectivity index (χ4n) is 0.0536. The SMILES string of the molecule is FC(F)(F)C#C[XeH]. The third-order valence-corrected chi connectivity index (χ3v) is 0.459. The zero-order valence-corrected chi connectivity index (χ0v) is 5.17. The molecule has 4 heteroatoms. The Labute approximate surface area is 71.2 Å². The number of alkyl halides is 3. The summed E-state index contributed by atoms with van der Waals surface area (Å²) in [4.78, 5) is 0. The van der Waals surface area contributed by atoms with Crippen molar-refractivity contribution in [3.05, 3.63) is 0 Å². The molecule has 0 saturated carbocycles. The fraction of sp³-hybridized carbons (Fsp3) is 0.333. The first kappa shape index (κ1) is 7.92. The van der Waals surface area contributed by atoms with E-state index in [1.807, 2.05) is 0 Å². The zero-order valence-electron chi connectivity index (χ0n) is 3.01. The summed E-state index contributed by atoms with van der Waals surface area (Å²) in [6.07, 6.45) is -4.32. The molecule has 42 valence electrons. The monoisotopic (exact) mass is 226 g/mol. The van der Waals surface area contributed by atoms with Crippen molar-refractivity contribution in [2.75, 3.05) is 0 Å². The van der Waals surface area contributed by atoms with Crippen LogP contribution in [0.1, 0.15) is 0 Å². The second kappa shape index (κ2) is 3.05. The Kier molecular flexibility index (Phi) is 3.45. The number of rotatable bonds is 0. The van der Waals surface area contributed by atoms with Crippen molar-refractivity contribution in [2.45, 2.75) is 6.18 Å². The van der Waals surface area contributed by atoms with E-state index in [0.717, 1.165) is 5.92 Å². The minimum atomic E-state index is -4.32. The minimum absolute atomic E-state index is 1.02. The Hall–Kier alpha value is 0.921. The number of halogens is 3. The van der Waals surface area contributed by atoms with Gasteiger partial charge in [0.25, 0.3) is 0 Å². The van der Waals surface area contributed by atoms with Crippen LogP contribution in [0, 0.1) is 52.8 Å². The summed E-state index contributed by atoms with van der Waals surface area (Å²) in [6.45, 7) is 0. The van der Waals surface area contributed by atoms with Crippen molar-refractivity contribution in [1.82, 2.24) is 0 Å². The second-order valence-electron chi connectivity index (χ2n) is 0.717. The van der Waals surface area contributed by atoms with Gasteiger partial charge in [-0.25, -0.2) is 0 Å². The average molecular weight is 225 g/mol. The Morgan fingerprint density at radius 1 is 1.29 bits per heavy atom. The molecule has 0 saturated heterocycles. The summed E-state index contributed by atoms with van der Waals surface area (Å²) < 4.78 is 34.3. The van der Waals surface area contributed by atoms with Gasteiger partial charge in [0.05, 0.1) is 0 Å². The molecule has 0 bridgehead atoms. The van der Waals surface area contributed by atoms with Gasteiger partial charge in [-0.15, -0.1) is 0 Å². The molecule has 0 rings (SSSR count). The predicted molar refractivity (Wildman–Crippen MR) is 15.2 cm³/mol. The first-order valence-corrected chi connectivity index (χ1v) is 2.33. The van der Waals surface area contributed by atoms with E-state index in [4.69, 9.17) is 0 Å². The van der Waals surface area contributed by atoms with Crippen LogP contribution in [0.25, 0.3) is 0 Å². The van der Waals surface area contributed by atoms with Crippen molar-refractivity contribution < 1.29 is 59.7 Å². The Balaban J connectivity index is 3.72. The van der Waals surface area contributed by atoms with Gasteiger partial charge < -0.3 is 0 Å². The van der Waals surface area contributed by atoms with Crippen molar-refractivity contribution in [3.8, 4) is 6.31 Å². The molecule has 0 nitrogen and oxygen atoms in total. The molecule has 0 amide bonds. The fourth-order valence-corrected chi connectivity index (χ4v) is 0.359. The molecule has 0 aliphatic carbocycles.